The number of carbonyl (C=O) groups excluding carboxylic acids is 1. The molecule has 0 spiro atoms. The van der Waals surface area contributed by atoms with E-state index in [0.717, 1.165) is 30.7 Å². The lowest BCUT2D eigenvalue weighted by atomic mass is 10.1. The van der Waals surface area contributed by atoms with E-state index < -0.39 is 0 Å². The van der Waals surface area contributed by atoms with E-state index >= 15 is 0 Å². The van der Waals surface area contributed by atoms with E-state index in [-0.39, 0.29) is 11.9 Å². The first-order chi connectivity index (χ1) is 9.61. The summed E-state index contributed by atoms with van der Waals surface area (Å²) in [6.07, 6.45) is 0. The van der Waals surface area contributed by atoms with Crippen LogP contribution < -0.4 is 10.6 Å². The molecule has 1 amide bonds. The van der Waals surface area contributed by atoms with Gasteiger partial charge in [0.2, 0.25) is 5.91 Å². The van der Waals surface area contributed by atoms with Gasteiger partial charge in [0.15, 0.2) is 0 Å². The number of hydrogen-bond acceptors (Lipinski definition) is 3. The number of hydrogen-bond donors (Lipinski definition) is 2. The Kier molecular flexibility index (Phi) is 5.57. The van der Waals surface area contributed by atoms with Gasteiger partial charge in [-0.15, -0.1) is 0 Å². The van der Waals surface area contributed by atoms with Crippen LogP contribution >= 0.6 is 15.9 Å². The Morgan fingerprint density at radius 1 is 1.55 bits per heavy atom. The Labute approximate surface area is 129 Å². The van der Waals surface area contributed by atoms with Crippen molar-refractivity contribution in [1.29, 1.82) is 0 Å². The summed E-state index contributed by atoms with van der Waals surface area (Å²) in [7, 11) is 0. The van der Waals surface area contributed by atoms with E-state index in [1.54, 1.807) is 0 Å². The summed E-state index contributed by atoms with van der Waals surface area (Å²) >= 11 is 3.62. The Morgan fingerprint density at radius 2 is 2.35 bits per heavy atom. The largest absolute Gasteiger partial charge is 0.355 e. The van der Waals surface area contributed by atoms with Crippen molar-refractivity contribution in [2.45, 2.75) is 26.4 Å². The number of amides is 1. The number of carbonyl (C=O) groups is 1. The van der Waals surface area contributed by atoms with E-state index in [1.165, 1.54) is 11.1 Å². The zero-order valence-electron chi connectivity index (χ0n) is 12.1. The normalized spacial score (nSPS) is 19.9. The highest BCUT2D eigenvalue weighted by Crippen LogP contribution is 2.21. The summed E-state index contributed by atoms with van der Waals surface area (Å²) in [6.45, 7) is 8.05. The molecule has 1 fully saturated rings. The topological polar surface area (TPSA) is 44.4 Å². The van der Waals surface area contributed by atoms with Crippen molar-refractivity contribution in [2.75, 3.05) is 26.2 Å². The fourth-order valence-corrected chi connectivity index (χ4v) is 3.10. The number of benzene rings is 1. The minimum absolute atomic E-state index is 0.0862. The lowest BCUT2D eigenvalue weighted by Crippen LogP contribution is -2.57. The molecule has 0 aromatic heterocycles. The molecular formula is C15H22BrN3O. The molecule has 0 aliphatic carbocycles. The fraction of sp³-hybridized carbons (Fsp3) is 0.533. The van der Waals surface area contributed by atoms with E-state index in [0.29, 0.717) is 6.54 Å². The molecule has 0 radical (unpaired) electrons. The highest BCUT2D eigenvalue weighted by Gasteiger charge is 2.28. The monoisotopic (exact) mass is 339 g/mol. The molecule has 1 saturated heterocycles. The van der Waals surface area contributed by atoms with Crippen molar-refractivity contribution in [3.8, 4) is 0 Å². The van der Waals surface area contributed by atoms with Crippen LogP contribution in [0, 0.1) is 6.92 Å². The van der Waals surface area contributed by atoms with Crippen LogP contribution in [0.25, 0.3) is 0 Å². The average molecular weight is 340 g/mol. The molecular weight excluding hydrogens is 318 g/mol. The van der Waals surface area contributed by atoms with Crippen molar-refractivity contribution in [1.82, 2.24) is 15.5 Å². The third-order valence-electron chi connectivity index (χ3n) is 3.59. The van der Waals surface area contributed by atoms with Gasteiger partial charge in [0.1, 0.15) is 6.04 Å². The summed E-state index contributed by atoms with van der Waals surface area (Å²) < 4.78 is 1.12. The second-order valence-electron chi connectivity index (χ2n) is 5.18. The van der Waals surface area contributed by atoms with Gasteiger partial charge in [0, 0.05) is 37.2 Å². The molecule has 4 nitrogen and oxygen atoms in total. The number of nitrogens with one attached hydrogen (secondary N) is 2. The highest BCUT2D eigenvalue weighted by molar-refractivity contribution is 9.10. The third kappa shape index (κ3) is 3.81. The molecule has 1 aliphatic heterocycles. The van der Waals surface area contributed by atoms with Crippen LogP contribution in [0.5, 0.6) is 0 Å². The average Bonchev–Trinajstić information content (AvgIpc) is 2.43. The number of piperazine rings is 1. The van der Waals surface area contributed by atoms with Crippen LogP contribution in [0.1, 0.15) is 18.1 Å². The fourth-order valence-electron chi connectivity index (χ4n) is 2.49. The number of halogens is 1. The summed E-state index contributed by atoms with van der Waals surface area (Å²) in [4.78, 5) is 14.4. The van der Waals surface area contributed by atoms with Gasteiger partial charge in [-0.05, 0) is 31.0 Å². The maximum Gasteiger partial charge on any atom is 0.238 e. The Balaban J connectivity index is 2.10. The Bertz CT molecular complexity index is 478. The first kappa shape index (κ1) is 15.5. The molecule has 1 heterocycles. The maximum absolute atomic E-state index is 12.1. The second kappa shape index (κ2) is 7.20. The zero-order valence-corrected chi connectivity index (χ0v) is 13.7. The molecule has 1 unspecified atom stereocenters. The molecule has 5 heteroatoms. The summed E-state index contributed by atoms with van der Waals surface area (Å²) in [6, 6.07) is 6.29. The smallest absolute Gasteiger partial charge is 0.238 e. The minimum Gasteiger partial charge on any atom is -0.355 e. The van der Waals surface area contributed by atoms with Gasteiger partial charge in [-0.1, -0.05) is 28.1 Å². The molecule has 2 rings (SSSR count). The summed E-state index contributed by atoms with van der Waals surface area (Å²) in [5, 5.41) is 6.22. The number of rotatable bonds is 4. The molecule has 20 heavy (non-hydrogen) atoms. The quantitative estimate of drug-likeness (QED) is 0.876. The molecule has 1 atom stereocenters. The van der Waals surface area contributed by atoms with Gasteiger partial charge in [-0.2, -0.15) is 0 Å². The Hall–Kier alpha value is -0.910. The SMILES string of the molecule is CCNC(=O)C1CNCCN1Cc1ccc(C)cc1Br. The number of nitrogens with zero attached hydrogens (tertiary/aromatic N) is 1. The first-order valence-electron chi connectivity index (χ1n) is 7.09. The molecule has 0 bridgehead atoms. The lowest BCUT2D eigenvalue weighted by Gasteiger charge is -2.35. The van der Waals surface area contributed by atoms with Gasteiger partial charge >= 0.3 is 0 Å². The predicted molar refractivity (Wildman–Crippen MR) is 84.6 cm³/mol. The lowest BCUT2D eigenvalue weighted by molar-refractivity contribution is -0.127. The highest BCUT2D eigenvalue weighted by atomic mass is 79.9. The van der Waals surface area contributed by atoms with Gasteiger partial charge < -0.3 is 10.6 Å². The molecule has 1 aromatic carbocycles. The van der Waals surface area contributed by atoms with Crippen molar-refractivity contribution in [2.24, 2.45) is 0 Å². The molecule has 110 valence electrons. The van der Waals surface area contributed by atoms with Crippen LogP contribution in [0.15, 0.2) is 22.7 Å². The van der Waals surface area contributed by atoms with Gasteiger partial charge in [0.25, 0.3) is 0 Å². The molecule has 1 aliphatic rings. The standard InChI is InChI=1S/C15H22BrN3O/c1-3-18-15(20)14-9-17-6-7-19(14)10-12-5-4-11(2)8-13(12)16/h4-5,8,14,17H,3,6-7,9-10H2,1-2H3,(H,18,20). The molecule has 1 aromatic rings. The molecule has 2 N–H and O–H groups in total. The maximum atomic E-state index is 12.1. The Morgan fingerprint density at radius 3 is 3.05 bits per heavy atom. The van der Waals surface area contributed by atoms with E-state index in [9.17, 15) is 4.79 Å². The van der Waals surface area contributed by atoms with Crippen LogP contribution in [-0.2, 0) is 11.3 Å². The van der Waals surface area contributed by atoms with Gasteiger partial charge in [-0.3, -0.25) is 9.69 Å². The minimum atomic E-state index is -0.0862. The summed E-state index contributed by atoms with van der Waals surface area (Å²) in [5.41, 5.74) is 2.47. The third-order valence-corrected chi connectivity index (χ3v) is 4.33. The van der Waals surface area contributed by atoms with Crippen LogP contribution in [-0.4, -0.2) is 43.0 Å². The van der Waals surface area contributed by atoms with Gasteiger partial charge in [-0.25, -0.2) is 0 Å². The molecule has 0 saturated carbocycles. The van der Waals surface area contributed by atoms with Crippen LogP contribution in [0.2, 0.25) is 0 Å². The van der Waals surface area contributed by atoms with Crippen LogP contribution in [0.3, 0.4) is 0 Å². The predicted octanol–water partition coefficient (Wildman–Crippen LogP) is 1.67. The van der Waals surface area contributed by atoms with Crippen molar-refractivity contribution in [3.63, 3.8) is 0 Å². The second-order valence-corrected chi connectivity index (χ2v) is 6.03. The van der Waals surface area contributed by atoms with Crippen molar-refractivity contribution >= 4 is 21.8 Å². The van der Waals surface area contributed by atoms with Crippen molar-refractivity contribution < 1.29 is 4.79 Å². The zero-order chi connectivity index (χ0) is 14.5. The van der Waals surface area contributed by atoms with Gasteiger partial charge in [0.05, 0.1) is 0 Å². The van der Waals surface area contributed by atoms with Crippen molar-refractivity contribution in [3.05, 3.63) is 33.8 Å². The van der Waals surface area contributed by atoms with E-state index in [4.69, 9.17) is 0 Å². The first-order valence-corrected chi connectivity index (χ1v) is 7.88. The number of likely N-dealkylation sites (N-methyl/N-ethyl adjacent to an activating group) is 1. The number of aryl methyl sites for hydroxylation is 1. The van der Waals surface area contributed by atoms with E-state index in [1.807, 2.05) is 6.92 Å². The summed E-state index contributed by atoms with van der Waals surface area (Å²) in [5.74, 6) is 0.114. The van der Waals surface area contributed by atoms with Crippen LogP contribution in [0.4, 0.5) is 0 Å². The van der Waals surface area contributed by atoms with E-state index in [2.05, 4.69) is 56.6 Å².